The van der Waals surface area contributed by atoms with Gasteiger partial charge in [-0.3, -0.25) is 15.1 Å². The first kappa shape index (κ1) is 23.1. The first-order valence-electron chi connectivity index (χ1n) is 13.5. The van der Waals surface area contributed by atoms with Crippen molar-refractivity contribution in [2.75, 3.05) is 0 Å². The van der Waals surface area contributed by atoms with Gasteiger partial charge in [0.2, 0.25) is 0 Å². The summed E-state index contributed by atoms with van der Waals surface area (Å²) in [6, 6.07) is 27.7. The molecule has 38 heavy (non-hydrogen) atoms. The number of benzene rings is 4. The molecule has 5 aromatic rings. The van der Waals surface area contributed by atoms with Crippen LogP contribution in [0.1, 0.15) is 42.0 Å². The molecule has 188 valence electrons. The highest BCUT2D eigenvalue weighted by Gasteiger charge is 2.37. The number of rotatable bonds is 6. The van der Waals surface area contributed by atoms with Crippen LogP contribution in [0.25, 0.3) is 32.7 Å². The van der Waals surface area contributed by atoms with E-state index in [2.05, 4.69) is 77.0 Å². The van der Waals surface area contributed by atoms with Gasteiger partial charge >= 0.3 is 0 Å². The zero-order valence-corrected chi connectivity index (χ0v) is 21.1. The lowest BCUT2D eigenvalue weighted by Crippen LogP contribution is -2.30. The first-order valence-corrected chi connectivity index (χ1v) is 13.5. The van der Waals surface area contributed by atoms with E-state index in [4.69, 9.17) is 0 Å². The molecule has 0 amide bonds. The SMILES string of the molecule is O=[N+]([O-])c1cnccc1-c1cc2c3c(ccc2c2ccccc12)CC(C1CC1)CC3NCc1ccccc1. The minimum Gasteiger partial charge on any atom is -0.306 e. The molecule has 1 heterocycles. The van der Waals surface area contributed by atoms with Crippen LogP contribution in [0.5, 0.6) is 0 Å². The Morgan fingerprint density at radius 2 is 1.61 bits per heavy atom. The normalized spacial score (nSPS) is 18.9. The molecular weight excluding hydrogens is 470 g/mol. The Kier molecular flexibility index (Phi) is 5.67. The second-order valence-electron chi connectivity index (χ2n) is 10.8. The van der Waals surface area contributed by atoms with Gasteiger partial charge in [0.1, 0.15) is 6.20 Å². The molecule has 1 aromatic heterocycles. The van der Waals surface area contributed by atoms with Crippen molar-refractivity contribution < 1.29 is 4.92 Å². The molecule has 5 nitrogen and oxygen atoms in total. The molecule has 1 fully saturated rings. The molecule has 7 rings (SSSR count). The van der Waals surface area contributed by atoms with Gasteiger partial charge in [-0.2, -0.15) is 0 Å². The molecular formula is C33H29N3O2. The van der Waals surface area contributed by atoms with E-state index in [1.165, 1.54) is 46.5 Å². The van der Waals surface area contributed by atoms with Crippen LogP contribution >= 0.6 is 0 Å². The van der Waals surface area contributed by atoms with Crippen molar-refractivity contribution in [3.05, 3.63) is 118 Å². The van der Waals surface area contributed by atoms with Crippen LogP contribution in [0.15, 0.2) is 91.3 Å². The van der Waals surface area contributed by atoms with Crippen LogP contribution in [0.3, 0.4) is 0 Å². The van der Waals surface area contributed by atoms with Crippen LogP contribution in [-0.4, -0.2) is 9.91 Å². The van der Waals surface area contributed by atoms with Gasteiger partial charge in [-0.05, 0) is 93.5 Å². The Bertz CT molecular complexity index is 1680. The summed E-state index contributed by atoms with van der Waals surface area (Å²) >= 11 is 0. The van der Waals surface area contributed by atoms with Crippen molar-refractivity contribution in [3.8, 4) is 11.1 Å². The Balaban J connectivity index is 1.44. The van der Waals surface area contributed by atoms with Crippen LogP contribution in [0, 0.1) is 22.0 Å². The fraction of sp³-hybridized carbons (Fsp3) is 0.242. The van der Waals surface area contributed by atoms with Gasteiger partial charge in [0, 0.05) is 18.8 Å². The van der Waals surface area contributed by atoms with Crippen molar-refractivity contribution in [1.29, 1.82) is 0 Å². The molecule has 1 N–H and O–H groups in total. The quantitative estimate of drug-likeness (QED) is 0.147. The molecule has 0 spiro atoms. The summed E-state index contributed by atoms with van der Waals surface area (Å²) in [5, 5.41) is 20.4. The molecule has 0 radical (unpaired) electrons. The van der Waals surface area contributed by atoms with E-state index in [0.29, 0.717) is 11.5 Å². The molecule has 1 saturated carbocycles. The minimum atomic E-state index is -0.327. The third-order valence-electron chi connectivity index (χ3n) is 8.51. The fourth-order valence-corrected chi connectivity index (χ4v) is 6.55. The van der Waals surface area contributed by atoms with E-state index in [1.807, 2.05) is 6.07 Å². The topological polar surface area (TPSA) is 68.1 Å². The molecule has 2 aliphatic rings. The van der Waals surface area contributed by atoms with Gasteiger partial charge in [0.25, 0.3) is 5.69 Å². The van der Waals surface area contributed by atoms with Crippen molar-refractivity contribution in [2.24, 2.45) is 11.8 Å². The number of aromatic nitrogens is 1. The number of hydrogen-bond donors (Lipinski definition) is 1. The van der Waals surface area contributed by atoms with E-state index in [9.17, 15) is 10.1 Å². The van der Waals surface area contributed by atoms with E-state index in [1.54, 1.807) is 12.3 Å². The largest absolute Gasteiger partial charge is 0.306 e. The van der Waals surface area contributed by atoms with Gasteiger partial charge in [-0.1, -0.05) is 66.7 Å². The summed E-state index contributed by atoms with van der Waals surface area (Å²) in [5.41, 5.74) is 5.59. The van der Waals surface area contributed by atoms with Crippen LogP contribution in [0.2, 0.25) is 0 Å². The Hall–Kier alpha value is -4.09. The minimum absolute atomic E-state index is 0.0364. The standard InChI is InChI=1S/C33H29N3O2/c37-36(38)32-20-34-15-14-28(32)29-18-30-27(25-8-4-5-9-26(25)29)13-12-23-16-24(22-10-11-22)17-31(33(23)30)35-19-21-6-2-1-3-7-21/h1-9,12-15,18,20,22,24,31,35H,10-11,16-17,19H2. The molecule has 0 aliphatic heterocycles. The van der Waals surface area contributed by atoms with Crippen molar-refractivity contribution >= 4 is 27.2 Å². The average Bonchev–Trinajstić information content (AvgIpc) is 3.81. The summed E-state index contributed by atoms with van der Waals surface area (Å²) in [4.78, 5) is 15.7. The van der Waals surface area contributed by atoms with Gasteiger partial charge in [0.15, 0.2) is 0 Å². The summed E-state index contributed by atoms with van der Waals surface area (Å²) in [6.45, 7) is 0.814. The highest BCUT2D eigenvalue weighted by Crippen LogP contribution is 2.49. The smallest absolute Gasteiger partial charge is 0.295 e. The highest BCUT2D eigenvalue weighted by molar-refractivity contribution is 6.15. The Morgan fingerprint density at radius 3 is 2.39 bits per heavy atom. The Morgan fingerprint density at radius 1 is 0.842 bits per heavy atom. The van der Waals surface area contributed by atoms with E-state index < -0.39 is 0 Å². The number of nitrogens with zero attached hydrogens (tertiary/aromatic N) is 2. The maximum absolute atomic E-state index is 12.0. The maximum atomic E-state index is 12.0. The van der Waals surface area contributed by atoms with Gasteiger partial charge in [-0.15, -0.1) is 0 Å². The lowest BCUT2D eigenvalue weighted by Gasteiger charge is -2.34. The van der Waals surface area contributed by atoms with Gasteiger partial charge in [0.05, 0.1) is 10.5 Å². The van der Waals surface area contributed by atoms with Crippen molar-refractivity contribution in [2.45, 2.75) is 38.3 Å². The third-order valence-corrected chi connectivity index (χ3v) is 8.51. The molecule has 4 aromatic carbocycles. The third kappa shape index (κ3) is 4.04. The van der Waals surface area contributed by atoms with Crippen molar-refractivity contribution in [3.63, 3.8) is 0 Å². The van der Waals surface area contributed by atoms with E-state index >= 15 is 0 Å². The summed E-state index contributed by atoms with van der Waals surface area (Å²) < 4.78 is 0. The monoisotopic (exact) mass is 499 g/mol. The zero-order chi connectivity index (χ0) is 25.6. The second-order valence-corrected chi connectivity index (χ2v) is 10.8. The van der Waals surface area contributed by atoms with Crippen LogP contribution < -0.4 is 5.32 Å². The zero-order valence-electron chi connectivity index (χ0n) is 21.1. The summed E-state index contributed by atoms with van der Waals surface area (Å²) in [5.74, 6) is 1.54. The van der Waals surface area contributed by atoms with Gasteiger partial charge in [-0.25, -0.2) is 0 Å². The average molecular weight is 500 g/mol. The Labute approximate surface area is 221 Å². The molecule has 2 atom stereocenters. The molecule has 2 unspecified atom stereocenters. The lowest BCUT2D eigenvalue weighted by molar-refractivity contribution is -0.384. The maximum Gasteiger partial charge on any atom is 0.295 e. The summed E-state index contributed by atoms with van der Waals surface area (Å²) in [6.07, 6.45) is 7.93. The lowest BCUT2D eigenvalue weighted by atomic mass is 9.75. The van der Waals surface area contributed by atoms with E-state index in [-0.39, 0.29) is 16.7 Å². The second kappa shape index (κ2) is 9.34. The number of pyridine rings is 1. The first-order chi connectivity index (χ1) is 18.7. The van der Waals surface area contributed by atoms with Gasteiger partial charge < -0.3 is 5.32 Å². The highest BCUT2D eigenvalue weighted by atomic mass is 16.6. The number of fused-ring (bicyclic) bond motifs is 5. The van der Waals surface area contributed by atoms with Crippen LogP contribution in [-0.2, 0) is 13.0 Å². The van der Waals surface area contributed by atoms with E-state index in [0.717, 1.165) is 41.6 Å². The number of nitro groups is 1. The predicted octanol–water partition coefficient (Wildman–Crippen LogP) is 7.77. The molecule has 5 heteroatoms. The fourth-order valence-electron chi connectivity index (χ4n) is 6.55. The molecule has 0 bridgehead atoms. The van der Waals surface area contributed by atoms with Crippen LogP contribution in [0.4, 0.5) is 5.69 Å². The number of hydrogen-bond acceptors (Lipinski definition) is 4. The summed E-state index contributed by atoms with van der Waals surface area (Å²) in [7, 11) is 0. The molecule has 0 saturated heterocycles. The number of nitrogens with one attached hydrogen (secondary N) is 1. The van der Waals surface area contributed by atoms with Crippen molar-refractivity contribution in [1.82, 2.24) is 10.3 Å². The predicted molar refractivity (Wildman–Crippen MR) is 152 cm³/mol. The molecule has 2 aliphatic carbocycles.